The standard InChI is InChI=1S/C8H15Cl3/c9-7-5-3-1-2-4-6-8(10)11/h8H,1-7H2. The molecule has 0 unspecified atom stereocenters. The number of hydrogen-bond donors (Lipinski definition) is 0. The number of halogens is 3. The van der Waals surface area contributed by atoms with E-state index in [9.17, 15) is 0 Å². The second kappa shape index (κ2) is 8.96. The maximum Gasteiger partial charge on any atom is 0.107 e. The van der Waals surface area contributed by atoms with E-state index in [2.05, 4.69) is 0 Å². The van der Waals surface area contributed by atoms with E-state index in [1.165, 1.54) is 19.3 Å². The first-order valence-electron chi connectivity index (χ1n) is 4.11. The molecule has 0 aliphatic heterocycles. The van der Waals surface area contributed by atoms with Gasteiger partial charge in [-0.15, -0.1) is 34.8 Å². The summed E-state index contributed by atoms with van der Waals surface area (Å²) in [6.45, 7) is 0. The van der Waals surface area contributed by atoms with Crippen molar-refractivity contribution in [3.63, 3.8) is 0 Å². The Balaban J connectivity index is 2.80. The zero-order valence-electron chi connectivity index (χ0n) is 6.66. The largest absolute Gasteiger partial charge is 0.127 e. The highest BCUT2D eigenvalue weighted by atomic mass is 35.5. The molecule has 0 bridgehead atoms. The van der Waals surface area contributed by atoms with E-state index >= 15 is 0 Å². The van der Waals surface area contributed by atoms with E-state index in [1.54, 1.807) is 0 Å². The molecule has 0 spiro atoms. The van der Waals surface area contributed by atoms with Crippen molar-refractivity contribution >= 4 is 34.8 Å². The van der Waals surface area contributed by atoms with Gasteiger partial charge in [-0.2, -0.15) is 0 Å². The summed E-state index contributed by atoms with van der Waals surface area (Å²) in [7, 11) is 0. The Labute approximate surface area is 84.2 Å². The first kappa shape index (κ1) is 11.9. The molecule has 0 heterocycles. The molecule has 0 saturated carbocycles. The minimum Gasteiger partial charge on any atom is -0.127 e. The maximum absolute atomic E-state index is 5.56. The summed E-state index contributed by atoms with van der Waals surface area (Å²) in [5, 5.41) is 0. The van der Waals surface area contributed by atoms with Gasteiger partial charge < -0.3 is 0 Å². The van der Waals surface area contributed by atoms with Crippen molar-refractivity contribution in [2.45, 2.75) is 43.4 Å². The molecule has 68 valence electrons. The Hall–Kier alpha value is 0.870. The van der Waals surface area contributed by atoms with E-state index in [4.69, 9.17) is 34.8 Å². The van der Waals surface area contributed by atoms with Gasteiger partial charge in [-0.25, -0.2) is 0 Å². The Morgan fingerprint density at radius 1 is 0.818 bits per heavy atom. The van der Waals surface area contributed by atoms with Gasteiger partial charge in [0.15, 0.2) is 0 Å². The maximum atomic E-state index is 5.56. The van der Waals surface area contributed by atoms with Crippen molar-refractivity contribution < 1.29 is 0 Å². The van der Waals surface area contributed by atoms with Crippen LogP contribution in [0, 0.1) is 0 Å². The van der Waals surface area contributed by atoms with Crippen molar-refractivity contribution in [3.8, 4) is 0 Å². The van der Waals surface area contributed by atoms with Crippen LogP contribution in [0.4, 0.5) is 0 Å². The molecule has 0 amide bonds. The summed E-state index contributed by atoms with van der Waals surface area (Å²) in [6.07, 6.45) is 6.91. The Morgan fingerprint density at radius 3 is 1.91 bits per heavy atom. The third-order valence-electron chi connectivity index (χ3n) is 1.56. The average Bonchev–Trinajstić information content (AvgIpc) is 1.96. The molecule has 0 nitrogen and oxygen atoms in total. The van der Waals surface area contributed by atoms with Crippen molar-refractivity contribution in [2.75, 3.05) is 5.88 Å². The highest BCUT2D eigenvalue weighted by Crippen LogP contribution is 2.13. The number of unbranched alkanes of at least 4 members (excludes halogenated alkanes) is 4. The van der Waals surface area contributed by atoms with Crippen molar-refractivity contribution in [2.24, 2.45) is 0 Å². The van der Waals surface area contributed by atoms with Gasteiger partial charge in [0.2, 0.25) is 0 Å². The molecule has 0 rings (SSSR count). The highest BCUT2D eigenvalue weighted by molar-refractivity contribution is 6.44. The smallest absolute Gasteiger partial charge is 0.107 e. The van der Waals surface area contributed by atoms with E-state index in [1.807, 2.05) is 0 Å². The molecule has 0 fully saturated rings. The van der Waals surface area contributed by atoms with Gasteiger partial charge in [0.25, 0.3) is 0 Å². The van der Waals surface area contributed by atoms with Gasteiger partial charge in [0.05, 0.1) is 0 Å². The topological polar surface area (TPSA) is 0 Å². The minimum atomic E-state index is -0.178. The Bertz CT molecular complexity index is 73.7. The fourth-order valence-electron chi connectivity index (χ4n) is 0.923. The predicted octanol–water partition coefficient (Wildman–Crippen LogP) is 4.37. The molecule has 3 heteroatoms. The molecule has 0 aliphatic rings. The minimum absolute atomic E-state index is 0.178. The lowest BCUT2D eigenvalue weighted by molar-refractivity contribution is 0.621. The van der Waals surface area contributed by atoms with Gasteiger partial charge >= 0.3 is 0 Å². The lowest BCUT2D eigenvalue weighted by Gasteiger charge is -2.00. The van der Waals surface area contributed by atoms with Crippen molar-refractivity contribution in [3.05, 3.63) is 0 Å². The molecule has 0 aliphatic carbocycles. The number of hydrogen-bond acceptors (Lipinski definition) is 0. The zero-order valence-corrected chi connectivity index (χ0v) is 8.93. The summed E-state index contributed by atoms with van der Waals surface area (Å²) in [5.41, 5.74) is 0. The lowest BCUT2D eigenvalue weighted by Crippen LogP contribution is -1.87. The van der Waals surface area contributed by atoms with Gasteiger partial charge in [0.1, 0.15) is 4.84 Å². The van der Waals surface area contributed by atoms with Crippen LogP contribution in [0.2, 0.25) is 0 Å². The molecule has 0 N–H and O–H groups in total. The number of rotatable bonds is 7. The average molecular weight is 218 g/mol. The predicted molar refractivity (Wildman–Crippen MR) is 53.9 cm³/mol. The third kappa shape index (κ3) is 10.9. The van der Waals surface area contributed by atoms with E-state index in [-0.39, 0.29) is 4.84 Å². The summed E-state index contributed by atoms with van der Waals surface area (Å²) < 4.78 is 0. The van der Waals surface area contributed by atoms with E-state index < -0.39 is 0 Å². The van der Waals surface area contributed by atoms with Crippen molar-refractivity contribution in [1.82, 2.24) is 0 Å². The molecule has 0 radical (unpaired) electrons. The second-order valence-electron chi connectivity index (χ2n) is 2.64. The van der Waals surface area contributed by atoms with Crippen LogP contribution in [-0.2, 0) is 0 Å². The summed E-state index contributed by atoms with van der Waals surface area (Å²) in [5.74, 6) is 0.785. The van der Waals surface area contributed by atoms with Crippen LogP contribution in [0.1, 0.15) is 38.5 Å². The third-order valence-corrected chi connectivity index (χ3v) is 2.26. The second-order valence-corrected chi connectivity index (χ2v) is 4.29. The molecule has 0 aromatic heterocycles. The van der Waals surface area contributed by atoms with Gasteiger partial charge in [-0.1, -0.05) is 25.7 Å². The van der Waals surface area contributed by atoms with E-state index in [0.717, 1.165) is 25.1 Å². The quantitative estimate of drug-likeness (QED) is 0.439. The van der Waals surface area contributed by atoms with Gasteiger partial charge in [-0.3, -0.25) is 0 Å². The molecule has 0 atom stereocenters. The summed E-state index contributed by atoms with van der Waals surface area (Å²) >= 11 is 16.6. The lowest BCUT2D eigenvalue weighted by atomic mass is 10.1. The molecule has 11 heavy (non-hydrogen) atoms. The van der Waals surface area contributed by atoms with Crippen LogP contribution < -0.4 is 0 Å². The van der Waals surface area contributed by atoms with E-state index in [0.29, 0.717) is 0 Å². The molecular weight excluding hydrogens is 202 g/mol. The first-order chi connectivity index (χ1) is 5.27. The molecule has 0 saturated heterocycles. The normalized spacial score (nSPS) is 10.9. The van der Waals surface area contributed by atoms with Crippen LogP contribution in [0.3, 0.4) is 0 Å². The fraction of sp³-hybridized carbons (Fsp3) is 1.00. The van der Waals surface area contributed by atoms with Crippen molar-refractivity contribution in [1.29, 1.82) is 0 Å². The van der Waals surface area contributed by atoms with Crippen LogP contribution in [0.5, 0.6) is 0 Å². The summed E-state index contributed by atoms with van der Waals surface area (Å²) in [4.78, 5) is -0.178. The molecular formula is C8H15Cl3. The van der Waals surface area contributed by atoms with Gasteiger partial charge in [-0.05, 0) is 12.8 Å². The van der Waals surface area contributed by atoms with Gasteiger partial charge in [0, 0.05) is 5.88 Å². The Kier molecular flexibility index (Phi) is 9.67. The van der Waals surface area contributed by atoms with Crippen LogP contribution in [-0.4, -0.2) is 10.7 Å². The monoisotopic (exact) mass is 216 g/mol. The molecule has 0 aromatic carbocycles. The SMILES string of the molecule is ClCCCCCCCC(Cl)Cl. The Morgan fingerprint density at radius 2 is 1.36 bits per heavy atom. The van der Waals surface area contributed by atoms with Crippen LogP contribution in [0.15, 0.2) is 0 Å². The summed E-state index contributed by atoms with van der Waals surface area (Å²) in [6, 6.07) is 0. The first-order valence-corrected chi connectivity index (χ1v) is 5.52. The molecule has 0 aromatic rings. The number of alkyl halides is 3. The van der Waals surface area contributed by atoms with Crippen LogP contribution >= 0.6 is 34.8 Å². The fourth-order valence-corrected chi connectivity index (χ4v) is 1.42. The zero-order chi connectivity index (χ0) is 8.53. The van der Waals surface area contributed by atoms with Crippen LogP contribution in [0.25, 0.3) is 0 Å². The highest BCUT2D eigenvalue weighted by Gasteiger charge is 1.97.